The molecule has 1 aliphatic carbocycles. The Hall–Kier alpha value is -1.38. The zero-order valence-corrected chi connectivity index (χ0v) is 12.2. The van der Waals surface area contributed by atoms with E-state index in [0.717, 1.165) is 25.7 Å². The molecule has 0 unspecified atom stereocenters. The van der Waals surface area contributed by atoms with Crippen molar-refractivity contribution in [2.75, 3.05) is 0 Å². The number of amides is 1. The monoisotopic (exact) mass is 300 g/mol. The van der Waals surface area contributed by atoms with Gasteiger partial charge < -0.3 is 4.98 Å². The Balaban J connectivity index is 2.06. The second-order valence-electron chi connectivity index (χ2n) is 5.30. The van der Waals surface area contributed by atoms with Crippen molar-refractivity contribution in [2.45, 2.75) is 43.5 Å². The highest BCUT2D eigenvalue weighted by Gasteiger charge is 2.25. The molecule has 1 aliphatic rings. The molecule has 0 radical (unpaired) electrons. The highest BCUT2D eigenvalue weighted by Crippen LogP contribution is 2.24. The average Bonchev–Trinajstić information content (AvgIpc) is 2.91. The number of H-pyrrole nitrogens is 1. The molecule has 0 saturated heterocycles. The summed E-state index contributed by atoms with van der Waals surface area (Å²) in [4.78, 5) is 13.9. The molecule has 0 aromatic carbocycles. The number of hydrogen-bond donors (Lipinski definition) is 4. The van der Waals surface area contributed by atoms with E-state index in [2.05, 4.69) is 16.6 Å². The predicted molar refractivity (Wildman–Crippen MR) is 74.2 cm³/mol. The zero-order valence-electron chi connectivity index (χ0n) is 11.3. The topological polar surface area (TPSA) is 117 Å². The van der Waals surface area contributed by atoms with E-state index in [0.29, 0.717) is 5.92 Å². The van der Waals surface area contributed by atoms with Crippen molar-refractivity contribution in [1.82, 2.24) is 15.1 Å². The number of nitrogen functional groups attached to an aromatic ring is 1. The summed E-state index contributed by atoms with van der Waals surface area (Å²) in [6.45, 7) is 2.18. The van der Waals surface area contributed by atoms with Crippen molar-refractivity contribution in [2.24, 2.45) is 11.8 Å². The molecule has 1 fully saturated rings. The summed E-state index contributed by atoms with van der Waals surface area (Å²) in [5.74, 6) is 5.10. The number of rotatable bonds is 4. The van der Waals surface area contributed by atoms with Gasteiger partial charge in [0.1, 0.15) is 10.6 Å². The van der Waals surface area contributed by atoms with E-state index in [-0.39, 0.29) is 16.6 Å². The van der Waals surface area contributed by atoms with Gasteiger partial charge in [-0.1, -0.05) is 6.92 Å². The number of hydrazine groups is 1. The Labute approximate surface area is 118 Å². The lowest BCUT2D eigenvalue weighted by Crippen LogP contribution is -2.37. The first-order valence-electron chi connectivity index (χ1n) is 6.64. The summed E-state index contributed by atoms with van der Waals surface area (Å²) in [6.07, 6.45) is 5.04. The number of aromatic amines is 1. The van der Waals surface area contributed by atoms with E-state index in [1.54, 1.807) is 0 Å². The molecule has 5 N–H and O–H groups in total. The third kappa shape index (κ3) is 3.38. The van der Waals surface area contributed by atoms with Gasteiger partial charge in [-0.2, -0.15) is 0 Å². The number of carbonyl (C=O) groups is 1. The highest BCUT2D eigenvalue weighted by molar-refractivity contribution is 7.89. The van der Waals surface area contributed by atoms with Gasteiger partial charge in [0.25, 0.3) is 5.91 Å². The Bertz CT molecular complexity index is 573. The summed E-state index contributed by atoms with van der Waals surface area (Å²) in [7, 11) is -3.60. The predicted octanol–water partition coefficient (Wildman–Crippen LogP) is 0.475. The summed E-state index contributed by atoms with van der Waals surface area (Å²) >= 11 is 0. The van der Waals surface area contributed by atoms with Gasteiger partial charge in [-0.3, -0.25) is 10.2 Å². The van der Waals surface area contributed by atoms with Gasteiger partial charge in [0, 0.05) is 12.2 Å². The van der Waals surface area contributed by atoms with Crippen molar-refractivity contribution in [3.05, 3.63) is 18.0 Å². The molecule has 0 atom stereocenters. The second-order valence-corrected chi connectivity index (χ2v) is 7.01. The lowest BCUT2D eigenvalue weighted by Gasteiger charge is -2.26. The van der Waals surface area contributed by atoms with Crippen molar-refractivity contribution in [1.29, 1.82) is 0 Å². The van der Waals surface area contributed by atoms with Crippen molar-refractivity contribution in [3.63, 3.8) is 0 Å². The van der Waals surface area contributed by atoms with E-state index >= 15 is 0 Å². The molecule has 8 heteroatoms. The van der Waals surface area contributed by atoms with E-state index < -0.39 is 15.9 Å². The maximum absolute atomic E-state index is 12.2. The van der Waals surface area contributed by atoms with Gasteiger partial charge in [0.15, 0.2) is 0 Å². The van der Waals surface area contributed by atoms with Crippen LogP contribution in [0.2, 0.25) is 0 Å². The lowest BCUT2D eigenvalue weighted by molar-refractivity contribution is 0.0949. The van der Waals surface area contributed by atoms with Crippen LogP contribution in [0, 0.1) is 5.92 Å². The average molecular weight is 300 g/mol. The normalized spacial score (nSPS) is 23.5. The largest absolute Gasteiger partial charge is 0.356 e. The molecule has 0 bridgehead atoms. The minimum Gasteiger partial charge on any atom is -0.356 e. The van der Waals surface area contributed by atoms with E-state index in [1.807, 2.05) is 5.43 Å². The van der Waals surface area contributed by atoms with Crippen molar-refractivity contribution < 1.29 is 13.2 Å². The first-order chi connectivity index (χ1) is 9.42. The first-order valence-corrected chi connectivity index (χ1v) is 8.12. The summed E-state index contributed by atoms with van der Waals surface area (Å²) in [5, 5.41) is 0. The Morgan fingerprint density at radius 3 is 2.60 bits per heavy atom. The molecule has 1 aromatic rings. The molecule has 1 heterocycles. The van der Waals surface area contributed by atoms with Gasteiger partial charge in [-0.15, -0.1) is 0 Å². The van der Waals surface area contributed by atoms with Gasteiger partial charge >= 0.3 is 0 Å². The third-order valence-corrected chi connectivity index (χ3v) is 5.18. The van der Waals surface area contributed by atoms with E-state index in [1.165, 1.54) is 12.3 Å². The maximum Gasteiger partial charge on any atom is 0.281 e. The van der Waals surface area contributed by atoms with Gasteiger partial charge in [-0.05, 0) is 37.7 Å². The minimum absolute atomic E-state index is 0.0297. The molecular weight excluding hydrogens is 280 g/mol. The number of nitrogens with one attached hydrogen (secondary N) is 3. The number of nitrogens with two attached hydrogens (primary N) is 1. The molecule has 7 nitrogen and oxygen atoms in total. The summed E-state index contributed by atoms with van der Waals surface area (Å²) < 4.78 is 27.1. The number of carbonyl (C=O) groups excluding carboxylic acids is 1. The highest BCUT2D eigenvalue weighted by atomic mass is 32.2. The van der Waals surface area contributed by atoms with Gasteiger partial charge in [0.05, 0.1) is 0 Å². The molecule has 2 rings (SSSR count). The molecule has 1 saturated carbocycles. The van der Waals surface area contributed by atoms with Crippen LogP contribution < -0.4 is 16.0 Å². The zero-order chi connectivity index (χ0) is 14.8. The smallest absolute Gasteiger partial charge is 0.281 e. The van der Waals surface area contributed by atoms with Crippen LogP contribution >= 0.6 is 0 Å². The molecule has 20 heavy (non-hydrogen) atoms. The fourth-order valence-electron chi connectivity index (χ4n) is 2.40. The molecule has 0 aliphatic heterocycles. The number of sulfonamides is 1. The van der Waals surface area contributed by atoms with Crippen LogP contribution in [0.4, 0.5) is 0 Å². The van der Waals surface area contributed by atoms with Crippen LogP contribution in [0.5, 0.6) is 0 Å². The summed E-state index contributed by atoms with van der Waals surface area (Å²) in [5.41, 5.74) is 2.06. The summed E-state index contributed by atoms with van der Waals surface area (Å²) in [6, 6.07) is 1.24. The van der Waals surface area contributed by atoms with E-state index in [9.17, 15) is 13.2 Å². The third-order valence-electron chi connectivity index (χ3n) is 3.68. The number of aromatic nitrogens is 1. The van der Waals surface area contributed by atoms with E-state index in [4.69, 9.17) is 5.84 Å². The maximum atomic E-state index is 12.2. The standard InChI is InChI=1S/C12H20N4O3S/c1-8-2-4-9(5-3-8)16-20(18,19)10-6-11(14-7-10)12(17)15-13/h6-9,14,16H,2-5,13H2,1H3,(H,15,17). The SMILES string of the molecule is CC1CCC(NS(=O)(=O)c2c[nH]c(C(=O)NN)c2)CC1. The fraction of sp³-hybridized carbons (Fsp3) is 0.583. The Morgan fingerprint density at radius 1 is 1.35 bits per heavy atom. The van der Waals surface area contributed by atoms with Crippen molar-refractivity contribution >= 4 is 15.9 Å². The first kappa shape index (κ1) is 15.0. The Morgan fingerprint density at radius 2 is 2.00 bits per heavy atom. The molecular formula is C12H20N4O3S. The fourth-order valence-corrected chi connectivity index (χ4v) is 3.70. The quantitative estimate of drug-likeness (QED) is 0.367. The minimum atomic E-state index is -3.60. The van der Waals surface area contributed by atoms with Crippen LogP contribution in [0.3, 0.4) is 0 Å². The molecule has 1 aromatic heterocycles. The van der Waals surface area contributed by atoms with Gasteiger partial charge in [-0.25, -0.2) is 19.0 Å². The van der Waals surface area contributed by atoms with Crippen LogP contribution in [-0.4, -0.2) is 25.4 Å². The van der Waals surface area contributed by atoms with Crippen molar-refractivity contribution in [3.8, 4) is 0 Å². The Kier molecular flexibility index (Phi) is 4.46. The molecule has 0 spiro atoms. The van der Waals surface area contributed by atoms with Crippen LogP contribution in [0.15, 0.2) is 17.2 Å². The lowest BCUT2D eigenvalue weighted by atomic mass is 9.88. The molecule has 112 valence electrons. The molecule has 1 amide bonds. The van der Waals surface area contributed by atoms with Crippen LogP contribution in [0.25, 0.3) is 0 Å². The second kappa shape index (κ2) is 5.94. The number of hydrogen-bond acceptors (Lipinski definition) is 4. The van der Waals surface area contributed by atoms with Gasteiger partial charge in [0.2, 0.25) is 10.0 Å². The van der Waals surface area contributed by atoms with Crippen LogP contribution in [0.1, 0.15) is 43.1 Å². The van der Waals surface area contributed by atoms with Crippen LogP contribution in [-0.2, 0) is 10.0 Å².